The van der Waals surface area contributed by atoms with Gasteiger partial charge < -0.3 is 10.0 Å². The average Bonchev–Trinajstić information content (AvgIpc) is 2.38. The first-order chi connectivity index (χ1) is 8.66. The maximum absolute atomic E-state index is 10.1. The Morgan fingerprint density at radius 2 is 1.72 bits per heavy atom. The number of aliphatic hydroxyl groups excluding tert-OH is 1. The number of hydrogen-bond acceptors (Lipinski definition) is 4. The van der Waals surface area contributed by atoms with E-state index >= 15 is 0 Å². The van der Waals surface area contributed by atoms with Gasteiger partial charge in [-0.25, -0.2) is 0 Å². The fraction of sp³-hybridized carbons (Fsp3) is 1.00. The highest BCUT2D eigenvalue weighted by Crippen LogP contribution is 2.24. The predicted molar refractivity (Wildman–Crippen MR) is 74.8 cm³/mol. The van der Waals surface area contributed by atoms with Gasteiger partial charge in [0.15, 0.2) is 0 Å². The fourth-order valence-corrected chi connectivity index (χ4v) is 3.18. The van der Waals surface area contributed by atoms with Crippen molar-refractivity contribution in [2.75, 3.05) is 53.4 Å². The SMILES string of the molecule is CN(C)CCN1CCN([C@H]2CCCC[C@@H]2O)CC1. The van der Waals surface area contributed by atoms with Crippen LogP contribution in [-0.2, 0) is 0 Å². The highest BCUT2D eigenvalue weighted by atomic mass is 16.3. The number of hydrogen-bond donors (Lipinski definition) is 1. The lowest BCUT2D eigenvalue weighted by Gasteiger charge is -2.42. The molecule has 1 saturated carbocycles. The van der Waals surface area contributed by atoms with Crippen molar-refractivity contribution in [3.05, 3.63) is 0 Å². The molecule has 2 fully saturated rings. The Labute approximate surface area is 112 Å². The molecular weight excluding hydrogens is 226 g/mol. The Kier molecular flexibility index (Phi) is 5.42. The third-order valence-electron chi connectivity index (χ3n) is 4.43. The normalized spacial score (nSPS) is 32.0. The van der Waals surface area contributed by atoms with Crippen LogP contribution in [0.4, 0.5) is 0 Å². The summed E-state index contributed by atoms with van der Waals surface area (Å²) in [4.78, 5) is 7.32. The van der Waals surface area contributed by atoms with Gasteiger partial charge in [0.05, 0.1) is 6.10 Å². The quantitative estimate of drug-likeness (QED) is 0.791. The maximum atomic E-state index is 10.1. The summed E-state index contributed by atoms with van der Waals surface area (Å²) in [5, 5.41) is 10.1. The number of rotatable bonds is 4. The average molecular weight is 255 g/mol. The summed E-state index contributed by atoms with van der Waals surface area (Å²) in [6.45, 7) is 6.92. The molecule has 0 unspecified atom stereocenters. The molecule has 0 aromatic rings. The molecule has 0 bridgehead atoms. The van der Waals surface area contributed by atoms with Gasteiger partial charge in [0.1, 0.15) is 0 Å². The molecular formula is C14H29N3O. The van der Waals surface area contributed by atoms with Crippen molar-refractivity contribution in [3.8, 4) is 0 Å². The van der Waals surface area contributed by atoms with Crippen molar-refractivity contribution in [2.45, 2.75) is 37.8 Å². The van der Waals surface area contributed by atoms with Crippen LogP contribution in [0, 0.1) is 0 Å². The Bertz CT molecular complexity index is 239. The van der Waals surface area contributed by atoms with Crippen LogP contribution in [-0.4, -0.2) is 85.3 Å². The zero-order valence-corrected chi connectivity index (χ0v) is 12.0. The van der Waals surface area contributed by atoms with Crippen molar-refractivity contribution < 1.29 is 5.11 Å². The second-order valence-electron chi connectivity index (χ2n) is 6.10. The molecule has 1 N–H and O–H groups in total. The molecule has 1 heterocycles. The van der Waals surface area contributed by atoms with Gasteiger partial charge in [-0.2, -0.15) is 0 Å². The van der Waals surface area contributed by atoms with Gasteiger partial charge in [-0.3, -0.25) is 9.80 Å². The summed E-state index contributed by atoms with van der Waals surface area (Å²) in [6, 6.07) is 0.440. The van der Waals surface area contributed by atoms with Crippen LogP contribution in [0.15, 0.2) is 0 Å². The molecule has 2 atom stereocenters. The van der Waals surface area contributed by atoms with E-state index < -0.39 is 0 Å². The summed E-state index contributed by atoms with van der Waals surface area (Å²) in [5.41, 5.74) is 0. The van der Waals surface area contributed by atoms with Crippen molar-refractivity contribution in [2.24, 2.45) is 0 Å². The largest absolute Gasteiger partial charge is 0.391 e. The van der Waals surface area contributed by atoms with Crippen LogP contribution in [0.5, 0.6) is 0 Å². The molecule has 0 radical (unpaired) electrons. The molecule has 18 heavy (non-hydrogen) atoms. The lowest BCUT2D eigenvalue weighted by molar-refractivity contribution is -0.00409. The molecule has 1 saturated heterocycles. The topological polar surface area (TPSA) is 30.0 Å². The van der Waals surface area contributed by atoms with E-state index in [1.165, 1.54) is 25.8 Å². The predicted octanol–water partition coefficient (Wildman–Crippen LogP) is 0.469. The van der Waals surface area contributed by atoms with Crippen molar-refractivity contribution in [1.29, 1.82) is 0 Å². The summed E-state index contributed by atoms with van der Waals surface area (Å²) >= 11 is 0. The lowest BCUT2D eigenvalue weighted by Crippen LogP contribution is -2.55. The minimum atomic E-state index is -0.0768. The molecule has 4 nitrogen and oxygen atoms in total. The highest BCUT2D eigenvalue weighted by Gasteiger charge is 2.30. The van der Waals surface area contributed by atoms with E-state index in [9.17, 15) is 5.11 Å². The van der Waals surface area contributed by atoms with Crippen molar-refractivity contribution >= 4 is 0 Å². The maximum Gasteiger partial charge on any atom is 0.0695 e. The van der Waals surface area contributed by atoms with E-state index in [-0.39, 0.29) is 6.10 Å². The van der Waals surface area contributed by atoms with Gasteiger partial charge in [0, 0.05) is 45.3 Å². The lowest BCUT2D eigenvalue weighted by atomic mass is 9.91. The molecule has 0 aromatic carbocycles. The molecule has 0 amide bonds. The number of aliphatic hydroxyl groups is 1. The number of piperazine rings is 1. The molecule has 0 aromatic heterocycles. The van der Waals surface area contributed by atoms with Crippen LogP contribution in [0.25, 0.3) is 0 Å². The molecule has 2 rings (SSSR count). The van der Waals surface area contributed by atoms with Crippen LogP contribution in [0.2, 0.25) is 0 Å². The summed E-state index contributed by atoms with van der Waals surface area (Å²) in [5.74, 6) is 0. The van der Waals surface area contributed by atoms with Crippen molar-refractivity contribution in [1.82, 2.24) is 14.7 Å². The minimum Gasteiger partial charge on any atom is -0.391 e. The summed E-state index contributed by atoms with van der Waals surface area (Å²) < 4.78 is 0. The molecule has 106 valence electrons. The summed E-state index contributed by atoms with van der Waals surface area (Å²) in [6.07, 6.45) is 4.63. The Balaban J connectivity index is 1.72. The Morgan fingerprint density at radius 3 is 2.33 bits per heavy atom. The van der Waals surface area contributed by atoms with E-state index in [2.05, 4.69) is 28.8 Å². The number of nitrogens with zero attached hydrogens (tertiary/aromatic N) is 3. The molecule has 1 aliphatic heterocycles. The number of likely N-dealkylation sites (N-methyl/N-ethyl adjacent to an activating group) is 1. The van der Waals surface area contributed by atoms with E-state index in [0.717, 1.165) is 39.1 Å². The van der Waals surface area contributed by atoms with E-state index in [4.69, 9.17) is 0 Å². The Morgan fingerprint density at radius 1 is 1.06 bits per heavy atom. The standard InChI is InChI=1S/C14H29N3O/c1-15(2)7-8-16-9-11-17(12-10-16)13-5-3-4-6-14(13)18/h13-14,18H,3-12H2,1-2H3/t13-,14-/m0/s1. The molecule has 4 heteroatoms. The molecule has 1 aliphatic carbocycles. The van der Waals surface area contributed by atoms with Crippen LogP contribution < -0.4 is 0 Å². The highest BCUT2D eigenvalue weighted by molar-refractivity contribution is 4.86. The minimum absolute atomic E-state index is 0.0768. The first-order valence-corrected chi connectivity index (χ1v) is 7.46. The smallest absolute Gasteiger partial charge is 0.0695 e. The van der Waals surface area contributed by atoms with Gasteiger partial charge >= 0.3 is 0 Å². The van der Waals surface area contributed by atoms with Gasteiger partial charge in [-0.1, -0.05) is 12.8 Å². The van der Waals surface area contributed by atoms with E-state index in [1.54, 1.807) is 0 Å². The van der Waals surface area contributed by atoms with Gasteiger partial charge in [-0.15, -0.1) is 0 Å². The summed E-state index contributed by atoms with van der Waals surface area (Å²) in [7, 11) is 4.27. The second-order valence-corrected chi connectivity index (χ2v) is 6.10. The van der Waals surface area contributed by atoms with Gasteiger partial charge in [-0.05, 0) is 26.9 Å². The zero-order chi connectivity index (χ0) is 13.0. The first kappa shape index (κ1) is 14.3. The van der Waals surface area contributed by atoms with Crippen molar-refractivity contribution in [3.63, 3.8) is 0 Å². The van der Waals surface area contributed by atoms with Gasteiger partial charge in [0.25, 0.3) is 0 Å². The fourth-order valence-electron chi connectivity index (χ4n) is 3.18. The third kappa shape index (κ3) is 3.92. The van der Waals surface area contributed by atoms with Crippen LogP contribution in [0.3, 0.4) is 0 Å². The van der Waals surface area contributed by atoms with Gasteiger partial charge in [0.2, 0.25) is 0 Å². The molecule has 2 aliphatic rings. The zero-order valence-electron chi connectivity index (χ0n) is 12.0. The molecule has 0 spiro atoms. The third-order valence-corrected chi connectivity index (χ3v) is 4.43. The van der Waals surface area contributed by atoms with Crippen LogP contribution in [0.1, 0.15) is 25.7 Å². The van der Waals surface area contributed by atoms with Crippen LogP contribution >= 0.6 is 0 Å². The van der Waals surface area contributed by atoms with E-state index in [0.29, 0.717) is 6.04 Å². The van der Waals surface area contributed by atoms with E-state index in [1.807, 2.05) is 0 Å². The monoisotopic (exact) mass is 255 g/mol. The Hall–Kier alpha value is -0.160. The second kappa shape index (κ2) is 6.85. The first-order valence-electron chi connectivity index (χ1n) is 7.46.